The summed E-state index contributed by atoms with van der Waals surface area (Å²) >= 11 is 0. The maximum Gasteiger partial charge on any atom is 0.237 e. The van der Waals surface area contributed by atoms with Crippen LogP contribution in [0.2, 0.25) is 0 Å². The van der Waals surface area contributed by atoms with Crippen LogP contribution in [0.5, 0.6) is 0 Å². The summed E-state index contributed by atoms with van der Waals surface area (Å²) in [4.78, 5) is 23.2. The lowest BCUT2D eigenvalue weighted by atomic mass is 10.0. The predicted octanol–water partition coefficient (Wildman–Crippen LogP) is 2.40. The smallest absolute Gasteiger partial charge is 0.237 e. The van der Waals surface area contributed by atoms with Crippen molar-refractivity contribution in [3.63, 3.8) is 0 Å². The van der Waals surface area contributed by atoms with Crippen molar-refractivity contribution in [2.75, 3.05) is 18.0 Å². The number of anilines is 1. The molecule has 0 bridgehead atoms. The Morgan fingerprint density at radius 3 is 2.40 bits per heavy atom. The highest BCUT2D eigenvalue weighted by molar-refractivity contribution is 5.85. The average molecular weight is 392 g/mol. The number of nitrogens with two attached hydrogens (primary N) is 1. The number of aromatic nitrogens is 2. The molecule has 1 amide bonds. The van der Waals surface area contributed by atoms with Gasteiger partial charge >= 0.3 is 0 Å². The van der Waals surface area contributed by atoms with Gasteiger partial charge in [-0.05, 0) is 39.0 Å². The zero-order chi connectivity index (χ0) is 17.0. The minimum absolute atomic E-state index is 0. The van der Waals surface area contributed by atoms with Crippen molar-refractivity contribution in [3.05, 3.63) is 17.6 Å². The summed E-state index contributed by atoms with van der Waals surface area (Å²) < 4.78 is 0. The fourth-order valence-electron chi connectivity index (χ4n) is 3.04. The number of nitrogens with one attached hydrogen (secondary N) is 1. The molecule has 8 heteroatoms. The molecule has 0 aliphatic carbocycles. The molecule has 0 aromatic carbocycles. The molecule has 144 valence electrons. The van der Waals surface area contributed by atoms with Gasteiger partial charge < -0.3 is 16.0 Å². The maximum absolute atomic E-state index is 12.1. The van der Waals surface area contributed by atoms with Crippen LogP contribution in [0, 0.1) is 19.8 Å². The summed E-state index contributed by atoms with van der Waals surface area (Å²) in [5.74, 6) is 2.19. The lowest BCUT2D eigenvalue weighted by Crippen LogP contribution is -2.50. The number of nitrogens with zero attached hydrogens (tertiary/aromatic N) is 3. The summed E-state index contributed by atoms with van der Waals surface area (Å²) in [7, 11) is 0. The molecule has 1 aromatic rings. The first-order chi connectivity index (χ1) is 10.8. The first kappa shape index (κ1) is 23.9. The van der Waals surface area contributed by atoms with E-state index in [1.807, 2.05) is 19.9 Å². The Morgan fingerprint density at radius 1 is 1.28 bits per heavy atom. The van der Waals surface area contributed by atoms with Gasteiger partial charge in [-0.1, -0.05) is 13.8 Å². The number of hydrogen-bond acceptors (Lipinski definition) is 5. The summed E-state index contributed by atoms with van der Waals surface area (Å²) in [5.41, 5.74) is 6.94. The summed E-state index contributed by atoms with van der Waals surface area (Å²) in [6.07, 6.45) is 2.56. The monoisotopic (exact) mass is 391 g/mol. The van der Waals surface area contributed by atoms with E-state index in [1.54, 1.807) is 0 Å². The quantitative estimate of drug-likeness (QED) is 0.804. The molecule has 1 aliphatic rings. The molecule has 2 rings (SSSR count). The second-order valence-electron chi connectivity index (χ2n) is 6.92. The fraction of sp³-hybridized carbons (Fsp3) is 0.706. The fourth-order valence-corrected chi connectivity index (χ4v) is 3.04. The van der Waals surface area contributed by atoms with E-state index < -0.39 is 6.04 Å². The largest absolute Gasteiger partial charge is 0.356 e. The SMILES string of the molecule is Cc1cc(N2CCC(NC(=O)[C@@H](N)CC(C)C)CC2)nc(C)n1.Cl.Cl. The zero-order valence-corrected chi connectivity index (χ0v) is 17.1. The summed E-state index contributed by atoms with van der Waals surface area (Å²) in [6, 6.07) is 1.82. The Balaban J connectivity index is 0.00000288. The molecule has 6 nitrogen and oxygen atoms in total. The van der Waals surface area contributed by atoms with Crippen LogP contribution in [0.1, 0.15) is 44.6 Å². The van der Waals surface area contributed by atoms with E-state index in [-0.39, 0.29) is 36.8 Å². The Morgan fingerprint density at radius 2 is 1.88 bits per heavy atom. The lowest BCUT2D eigenvalue weighted by molar-refractivity contribution is -0.123. The first-order valence-electron chi connectivity index (χ1n) is 8.48. The van der Waals surface area contributed by atoms with Crippen LogP contribution in [0.25, 0.3) is 0 Å². The van der Waals surface area contributed by atoms with E-state index >= 15 is 0 Å². The van der Waals surface area contributed by atoms with Crippen molar-refractivity contribution in [1.82, 2.24) is 15.3 Å². The standard InChI is InChI=1S/C17H29N5O.2ClH/c1-11(2)9-15(18)17(23)21-14-5-7-22(8-6-14)16-10-12(3)19-13(4)20-16;;/h10-11,14-15H,5-9,18H2,1-4H3,(H,21,23);2*1H/t15-;;/m0../s1. The van der Waals surface area contributed by atoms with Crippen LogP contribution in [0.4, 0.5) is 5.82 Å². The molecule has 25 heavy (non-hydrogen) atoms. The van der Waals surface area contributed by atoms with Crippen LogP contribution in [0.15, 0.2) is 6.07 Å². The lowest BCUT2D eigenvalue weighted by Gasteiger charge is -2.33. The molecule has 1 aromatic heterocycles. The highest BCUT2D eigenvalue weighted by Crippen LogP contribution is 2.19. The average Bonchev–Trinajstić information content (AvgIpc) is 2.46. The summed E-state index contributed by atoms with van der Waals surface area (Å²) in [5, 5.41) is 3.10. The van der Waals surface area contributed by atoms with Crippen molar-refractivity contribution >= 4 is 36.5 Å². The highest BCUT2D eigenvalue weighted by Gasteiger charge is 2.24. The number of halogens is 2. The van der Waals surface area contributed by atoms with E-state index in [0.29, 0.717) is 5.92 Å². The molecule has 1 fully saturated rings. The number of rotatable bonds is 5. The third kappa shape index (κ3) is 7.34. The van der Waals surface area contributed by atoms with Gasteiger partial charge in [0.25, 0.3) is 0 Å². The van der Waals surface area contributed by atoms with Crippen molar-refractivity contribution < 1.29 is 4.79 Å². The molecule has 3 N–H and O–H groups in total. The first-order valence-corrected chi connectivity index (χ1v) is 8.48. The molecular weight excluding hydrogens is 361 g/mol. The van der Waals surface area contributed by atoms with E-state index in [1.165, 1.54) is 0 Å². The third-order valence-corrected chi connectivity index (χ3v) is 4.18. The number of piperidine rings is 1. The minimum atomic E-state index is -0.403. The molecule has 1 saturated heterocycles. The van der Waals surface area contributed by atoms with Crippen molar-refractivity contribution in [2.24, 2.45) is 11.7 Å². The van der Waals surface area contributed by atoms with Gasteiger partial charge in [-0.15, -0.1) is 24.8 Å². The van der Waals surface area contributed by atoms with E-state index in [0.717, 1.165) is 49.7 Å². The number of carbonyl (C=O) groups excluding carboxylic acids is 1. The van der Waals surface area contributed by atoms with Gasteiger partial charge in [0.2, 0.25) is 5.91 Å². The molecule has 1 atom stereocenters. The zero-order valence-electron chi connectivity index (χ0n) is 15.5. The Hall–Kier alpha value is -1.11. The van der Waals surface area contributed by atoms with Crippen LogP contribution in [0.3, 0.4) is 0 Å². The molecule has 0 spiro atoms. The molecular formula is C17H31Cl2N5O. The van der Waals surface area contributed by atoms with Gasteiger partial charge in [0.15, 0.2) is 0 Å². The maximum atomic E-state index is 12.1. The van der Waals surface area contributed by atoms with E-state index in [4.69, 9.17) is 5.73 Å². The van der Waals surface area contributed by atoms with Crippen LogP contribution < -0.4 is 16.0 Å². The Bertz CT molecular complexity index is 528. The van der Waals surface area contributed by atoms with E-state index in [9.17, 15) is 4.79 Å². The molecule has 0 unspecified atom stereocenters. The number of hydrogen-bond donors (Lipinski definition) is 2. The van der Waals surface area contributed by atoms with Crippen LogP contribution in [-0.4, -0.2) is 41.0 Å². The van der Waals surface area contributed by atoms with E-state index in [2.05, 4.69) is 34.0 Å². The van der Waals surface area contributed by atoms with Crippen LogP contribution >= 0.6 is 24.8 Å². The van der Waals surface area contributed by atoms with Gasteiger partial charge in [-0.3, -0.25) is 4.79 Å². The minimum Gasteiger partial charge on any atom is -0.356 e. The molecule has 2 heterocycles. The van der Waals surface area contributed by atoms with Crippen molar-refractivity contribution in [1.29, 1.82) is 0 Å². The Kier molecular flexibility index (Phi) is 10.3. The molecule has 0 saturated carbocycles. The van der Waals surface area contributed by atoms with Gasteiger partial charge in [-0.2, -0.15) is 0 Å². The third-order valence-electron chi connectivity index (χ3n) is 4.18. The van der Waals surface area contributed by atoms with Crippen molar-refractivity contribution in [2.45, 2.75) is 59.0 Å². The normalized spacial score (nSPS) is 16.0. The van der Waals surface area contributed by atoms with Gasteiger partial charge in [0.05, 0.1) is 6.04 Å². The highest BCUT2D eigenvalue weighted by atomic mass is 35.5. The second-order valence-corrected chi connectivity index (χ2v) is 6.92. The summed E-state index contributed by atoms with van der Waals surface area (Å²) in [6.45, 7) is 9.84. The molecule has 0 radical (unpaired) electrons. The van der Waals surface area contributed by atoms with Crippen molar-refractivity contribution in [3.8, 4) is 0 Å². The van der Waals surface area contributed by atoms with Gasteiger partial charge in [-0.25, -0.2) is 9.97 Å². The second kappa shape index (κ2) is 10.8. The number of carbonyl (C=O) groups is 1. The predicted molar refractivity (Wildman–Crippen MR) is 107 cm³/mol. The Labute approximate surface area is 163 Å². The topological polar surface area (TPSA) is 84.1 Å². The van der Waals surface area contributed by atoms with Crippen LogP contribution in [-0.2, 0) is 4.79 Å². The number of aryl methyl sites for hydroxylation is 2. The van der Waals surface area contributed by atoms with Gasteiger partial charge in [0.1, 0.15) is 11.6 Å². The number of amides is 1. The van der Waals surface area contributed by atoms with Gasteiger partial charge in [0, 0.05) is 30.9 Å². The molecule has 1 aliphatic heterocycles.